The van der Waals surface area contributed by atoms with Crippen molar-refractivity contribution in [3.05, 3.63) is 33.6 Å². The Bertz CT molecular complexity index is 506. The molecule has 1 aliphatic heterocycles. The number of nitrogens with zero attached hydrogens (tertiary/aromatic N) is 1. The number of fused-ring (bicyclic) bond motifs is 1. The van der Waals surface area contributed by atoms with Crippen LogP contribution in [0, 0.1) is 0 Å². The van der Waals surface area contributed by atoms with E-state index in [1.165, 1.54) is 21.2 Å². The van der Waals surface area contributed by atoms with Crippen LogP contribution in [0.25, 0.3) is 0 Å². The second-order valence-corrected chi connectivity index (χ2v) is 8.19. The predicted molar refractivity (Wildman–Crippen MR) is 80.7 cm³/mol. The average Bonchev–Trinajstić information content (AvgIpc) is 2.98. The van der Waals surface area contributed by atoms with Gasteiger partial charge in [-0.3, -0.25) is 0 Å². The smallest absolute Gasteiger partial charge is 0.109 e. The molecule has 3 rings (SSSR count). The Morgan fingerprint density at radius 3 is 3.06 bits per heavy atom. The lowest BCUT2D eigenvalue weighted by Gasteiger charge is -2.29. The molecule has 18 heavy (non-hydrogen) atoms. The number of thioether (sulfide) groups is 1. The molecule has 0 saturated carbocycles. The molecule has 2 nitrogen and oxygen atoms in total. The summed E-state index contributed by atoms with van der Waals surface area (Å²) in [4.78, 5) is 4.40. The van der Waals surface area contributed by atoms with Gasteiger partial charge in [-0.05, 0) is 30.4 Å². The summed E-state index contributed by atoms with van der Waals surface area (Å²) in [6.07, 6.45) is 3.08. The zero-order chi connectivity index (χ0) is 12.5. The normalized spacial score (nSPS) is 24.8. The van der Waals surface area contributed by atoms with Gasteiger partial charge >= 0.3 is 0 Å². The van der Waals surface area contributed by atoms with Crippen LogP contribution in [0.5, 0.6) is 0 Å². The maximum atomic E-state index is 4.40. The Kier molecular flexibility index (Phi) is 3.75. The highest BCUT2D eigenvalue weighted by atomic mass is 32.2. The van der Waals surface area contributed by atoms with Crippen molar-refractivity contribution in [2.24, 2.45) is 0 Å². The Hall–Kier alpha value is -0.360. The molecular formula is C13H16N2S3. The molecule has 0 amide bonds. The molecule has 0 aromatic carbocycles. The second-order valence-electron chi connectivity index (χ2n) is 4.64. The van der Waals surface area contributed by atoms with Crippen LogP contribution in [-0.4, -0.2) is 10.2 Å². The van der Waals surface area contributed by atoms with Gasteiger partial charge in [-0.25, -0.2) is 4.98 Å². The largest absolute Gasteiger partial charge is 0.301 e. The predicted octanol–water partition coefficient (Wildman–Crippen LogP) is 4.48. The van der Waals surface area contributed by atoms with Gasteiger partial charge in [0.15, 0.2) is 0 Å². The Morgan fingerprint density at radius 2 is 2.28 bits per heavy atom. The molecule has 96 valence electrons. The monoisotopic (exact) mass is 296 g/mol. The lowest BCUT2D eigenvalue weighted by molar-refractivity contribution is 0.434. The van der Waals surface area contributed by atoms with Crippen molar-refractivity contribution in [1.29, 1.82) is 0 Å². The topological polar surface area (TPSA) is 24.9 Å². The van der Waals surface area contributed by atoms with Crippen LogP contribution in [0.3, 0.4) is 0 Å². The van der Waals surface area contributed by atoms with Crippen LogP contribution in [0.1, 0.15) is 42.9 Å². The molecule has 0 spiro atoms. The quantitative estimate of drug-likeness (QED) is 0.904. The minimum atomic E-state index is 0.332. The van der Waals surface area contributed by atoms with Crippen LogP contribution in [-0.2, 0) is 0 Å². The third-order valence-electron chi connectivity index (χ3n) is 3.18. The summed E-state index contributed by atoms with van der Waals surface area (Å²) in [6.45, 7) is 4.52. The van der Waals surface area contributed by atoms with E-state index in [4.69, 9.17) is 0 Å². The van der Waals surface area contributed by atoms with E-state index in [-0.39, 0.29) is 0 Å². The number of aromatic nitrogens is 1. The zero-order valence-corrected chi connectivity index (χ0v) is 12.9. The first-order valence-electron chi connectivity index (χ1n) is 6.13. The van der Waals surface area contributed by atoms with Gasteiger partial charge in [0.05, 0.1) is 10.3 Å². The number of hydrogen-bond acceptors (Lipinski definition) is 5. The molecule has 3 heterocycles. The SMILES string of the molecule is CC(NC1C[C@H](C)Sc2sccc21)c1nccs1. The van der Waals surface area contributed by atoms with Gasteiger partial charge in [-0.1, -0.05) is 6.92 Å². The van der Waals surface area contributed by atoms with Crippen molar-refractivity contribution in [1.82, 2.24) is 10.3 Å². The number of thiazole rings is 1. The number of nitrogens with one attached hydrogen (secondary N) is 1. The first-order chi connectivity index (χ1) is 8.74. The Morgan fingerprint density at radius 1 is 1.39 bits per heavy atom. The molecule has 2 aromatic rings. The van der Waals surface area contributed by atoms with Gasteiger partial charge < -0.3 is 5.32 Å². The number of rotatable bonds is 3. The van der Waals surface area contributed by atoms with E-state index in [2.05, 4.69) is 35.6 Å². The van der Waals surface area contributed by atoms with E-state index in [1.54, 1.807) is 11.3 Å². The van der Waals surface area contributed by atoms with Crippen molar-refractivity contribution in [2.45, 2.75) is 41.8 Å². The van der Waals surface area contributed by atoms with Gasteiger partial charge in [0.1, 0.15) is 5.01 Å². The van der Waals surface area contributed by atoms with Crippen molar-refractivity contribution >= 4 is 34.4 Å². The molecule has 5 heteroatoms. The second kappa shape index (κ2) is 5.33. The molecule has 1 aliphatic rings. The highest BCUT2D eigenvalue weighted by Gasteiger charge is 2.27. The van der Waals surface area contributed by atoms with Crippen molar-refractivity contribution in [3.8, 4) is 0 Å². The number of hydrogen-bond donors (Lipinski definition) is 1. The molecule has 1 N–H and O–H groups in total. The number of thiophene rings is 1. The maximum Gasteiger partial charge on any atom is 0.109 e. The zero-order valence-electron chi connectivity index (χ0n) is 10.4. The molecule has 0 saturated heterocycles. The summed E-state index contributed by atoms with van der Waals surface area (Å²) in [5, 5.41) is 9.86. The Balaban J connectivity index is 1.78. The van der Waals surface area contributed by atoms with Crippen LogP contribution in [0.2, 0.25) is 0 Å². The molecule has 0 radical (unpaired) electrons. The summed E-state index contributed by atoms with van der Waals surface area (Å²) in [6, 6.07) is 3.07. The van der Waals surface area contributed by atoms with Crippen molar-refractivity contribution in [2.75, 3.05) is 0 Å². The maximum absolute atomic E-state index is 4.40. The Labute approximate surface area is 120 Å². The third-order valence-corrected chi connectivity index (χ3v) is 6.48. The summed E-state index contributed by atoms with van der Waals surface area (Å²) in [5.41, 5.74) is 1.48. The average molecular weight is 296 g/mol. The van der Waals surface area contributed by atoms with E-state index in [0.717, 1.165) is 0 Å². The van der Waals surface area contributed by atoms with Gasteiger partial charge in [-0.2, -0.15) is 0 Å². The minimum Gasteiger partial charge on any atom is -0.301 e. The van der Waals surface area contributed by atoms with Crippen LogP contribution in [0.15, 0.2) is 27.2 Å². The molecule has 0 fully saturated rings. The van der Waals surface area contributed by atoms with Crippen molar-refractivity contribution in [3.63, 3.8) is 0 Å². The third kappa shape index (κ3) is 2.50. The molecule has 0 aliphatic carbocycles. The molecular weight excluding hydrogens is 280 g/mol. The molecule has 2 aromatic heterocycles. The first kappa shape index (κ1) is 12.7. The van der Waals surface area contributed by atoms with E-state index >= 15 is 0 Å². The van der Waals surface area contributed by atoms with Gasteiger partial charge in [0, 0.05) is 22.9 Å². The lowest BCUT2D eigenvalue weighted by atomic mass is 10.0. The summed E-state index contributed by atoms with van der Waals surface area (Å²) in [5.74, 6) is 0. The van der Waals surface area contributed by atoms with E-state index in [9.17, 15) is 0 Å². The fourth-order valence-corrected chi connectivity index (χ4v) is 5.55. The standard InChI is InChI=1S/C13H16N2S3/c1-8-7-11(10-3-5-17-13(10)18-8)15-9(2)12-14-4-6-16-12/h3-6,8-9,11,15H,7H2,1-2H3/t8-,9?,11?/m0/s1. The highest BCUT2D eigenvalue weighted by molar-refractivity contribution is 8.01. The summed E-state index contributed by atoms with van der Waals surface area (Å²) in [7, 11) is 0. The fraction of sp³-hybridized carbons (Fsp3) is 0.462. The molecule has 0 bridgehead atoms. The van der Waals surface area contributed by atoms with Crippen LogP contribution >= 0.6 is 34.4 Å². The lowest BCUT2D eigenvalue weighted by Crippen LogP contribution is -2.28. The highest BCUT2D eigenvalue weighted by Crippen LogP contribution is 2.44. The minimum absolute atomic E-state index is 0.332. The summed E-state index contributed by atoms with van der Waals surface area (Å²) >= 11 is 5.61. The van der Waals surface area contributed by atoms with Gasteiger partial charge in [0.25, 0.3) is 0 Å². The van der Waals surface area contributed by atoms with E-state index in [0.29, 0.717) is 17.3 Å². The fourth-order valence-electron chi connectivity index (χ4n) is 2.33. The van der Waals surface area contributed by atoms with Gasteiger partial charge in [-0.15, -0.1) is 34.4 Å². The van der Waals surface area contributed by atoms with E-state index < -0.39 is 0 Å². The molecule has 2 unspecified atom stereocenters. The van der Waals surface area contributed by atoms with Crippen molar-refractivity contribution < 1.29 is 0 Å². The molecule has 3 atom stereocenters. The van der Waals surface area contributed by atoms with Gasteiger partial charge in [0.2, 0.25) is 0 Å². The van der Waals surface area contributed by atoms with Crippen LogP contribution < -0.4 is 5.32 Å². The summed E-state index contributed by atoms with van der Waals surface area (Å²) < 4.78 is 1.48. The first-order valence-corrected chi connectivity index (χ1v) is 8.77. The van der Waals surface area contributed by atoms with Crippen LogP contribution in [0.4, 0.5) is 0 Å². The van der Waals surface area contributed by atoms with E-state index in [1.807, 2.05) is 34.7 Å².